The first-order valence-electron chi connectivity index (χ1n) is 9.34. The molecule has 0 aromatic rings. The minimum Gasteiger partial charge on any atom is -0.458 e. The Hall–Kier alpha value is -2.10. The van der Waals surface area contributed by atoms with Gasteiger partial charge in [-0.15, -0.1) is 0 Å². The normalized spacial score (nSPS) is 34.2. The molecule has 4 nitrogen and oxygen atoms in total. The highest BCUT2D eigenvalue weighted by atomic mass is 16.6. The van der Waals surface area contributed by atoms with E-state index in [-0.39, 0.29) is 30.1 Å². The molecule has 0 spiro atoms. The lowest BCUT2D eigenvalue weighted by molar-refractivity contribution is -0.145. The molecule has 2 aliphatic rings. The summed E-state index contributed by atoms with van der Waals surface area (Å²) in [5.41, 5.74) is 4.06. The number of rotatable bonds is 1. The van der Waals surface area contributed by atoms with E-state index < -0.39 is 0 Å². The summed E-state index contributed by atoms with van der Waals surface area (Å²) in [5.74, 6) is -0.650. The molecule has 0 saturated carbocycles. The maximum absolute atomic E-state index is 12.0. The number of allylic oxidation sites excluding steroid dienone is 4. The summed E-state index contributed by atoms with van der Waals surface area (Å²) >= 11 is 0. The Kier molecular flexibility index (Phi) is 7.01. The third-order valence-electron chi connectivity index (χ3n) is 5.14. The van der Waals surface area contributed by atoms with Crippen molar-refractivity contribution in [3.05, 3.63) is 47.1 Å². The van der Waals surface area contributed by atoms with E-state index in [1.807, 2.05) is 6.92 Å². The molecule has 142 valence electrons. The van der Waals surface area contributed by atoms with Crippen LogP contribution >= 0.6 is 0 Å². The molecule has 1 heterocycles. The average molecular weight is 358 g/mol. The summed E-state index contributed by atoms with van der Waals surface area (Å²) in [7, 11) is 0. The van der Waals surface area contributed by atoms with Gasteiger partial charge in [0.15, 0.2) is 0 Å². The predicted octanol–water partition coefficient (Wildman–Crippen LogP) is 4.82. The van der Waals surface area contributed by atoms with Crippen LogP contribution in [0.15, 0.2) is 47.1 Å². The molecule has 0 bridgehead atoms. The number of carbonyl (C=O) groups excluding carboxylic acids is 2. The van der Waals surface area contributed by atoms with Gasteiger partial charge in [-0.1, -0.05) is 29.9 Å². The zero-order valence-corrected chi connectivity index (χ0v) is 16.3. The number of esters is 2. The van der Waals surface area contributed by atoms with Crippen LogP contribution in [0, 0.1) is 5.92 Å². The minimum absolute atomic E-state index is 0.0643. The van der Waals surface area contributed by atoms with Crippen LogP contribution in [0.25, 0.3) is 0 Å². The highest BCUT2D eigenvalue weighted by molar-refractivity contribution is 5.91. The molecule has 0 aromatic heterocycles. The van der Waals surface area contributed by atoms with Gasteiger partial charge in [-0.05, 0) is 64.5 Å². The van der Waals surface area contributed by atoms with Crippen molar-refractivity contribution in [2.24, 2.45) is 5.92 Å². The van der Waals surface area contributed by atoms with Crippen LogP contribution in [-0.4, -0.2) is 24.1 Å². The van der Waals surface area contributed by atoms with E-state index in [4.69, 9.17) is 9.47 Å². The van der Waals surface area contributed by atoms with Crippen LogP contribution in [0.2, 0.25) is 0 Å². The lowest BCUT2D eigenvalue weighted by Crippen LogP contribution is -2.19. The zero-order chi connectivity index (χ0) is 19.3. The molecule has 0 aromatic carbocycles. The van der Waals surface area contributed by atoms with E-state index in [0.29, 0.717) is 12.0 Å². The van der Waals surface area contributed by atoms with Crippen LogP contribution in [0.5, 0.6) is 0 Å². The van der Waals surface area contributed by atoms with Crippen molar-refractivity contribution in [1.29, 1.82) is 0 Å². The average Bonchev–Trinajstić information content (AvgIpc) is 2.82. The van der Waals surface area contributed by atoms with Gasteiger partial charge in [0.1, 0.15) is 12.2 Å². The Labute approximate surface area is 156 Å². The maximum atomic E-state index is 12.0. The van der Waals surface area contributed by atoms with Gasteiger partial charge in [-0.2, -0.15) is 0 Å². The Morgan fingerprint density at radius 3 is 2.62 bits per heavy atom. The van der Waals surface area contributed by atoms with E-state index in [1.165, 1.54) is 18.1 Å². The van der Waals surface area contributed by atoms with E-state index in [0.717, 1.165) is 31.3 Å². The summed E-state index contributed by atoms with van der Waals surface area (Å²) in [6.07, 6.45) is 10.1. The van der Waals surface area contributed by atoms with Crippen molar-refractivity contribution in [3.63, 3.8) is 0 Å². The number of fused-ring (bicyclic) bond motifs is 1. The molecular formula is C22H30O4. The fourth-order valence-corrected chi connectivity index (χ4v) is 3.45. The highest BCUT2D eigenvalue weighted by Crippen LogP contribution is 2.33. The van der Waals surface area contributed by atoms with Crippen molar-refractivity contribution in [3.8, 4) is 0 Å². The fourth-order valence-electron chi connectivity index (χ4n) is 3.45. The van der Waals surface area contributed by atoms with Crippen LogP contribution in [0.1, 0.15) is 59.8 Å². The maximum Gasteiger partial charge on any atom is 0.334 e. The first kappa shape index (κ1) is 20.2. The van der Waals surface area contributed by atoms with Crippen molar-refractivity contribution in [1.82, 2.24) is 0 Å². The summed E-state index contributed by atoms with van der Waals surface area (Å²) in [6.45, 7) is 11.5. The Morgan fingerprint density at radius 2 is 1.92 bits per heavy atom. The minimum atomic E-state index is -0.313. The fraction of sp³-hybridized carbons (Fsp3) is 0.545. The molecule has 1 fully saturated rings. The molecule has 0 N–H and O–H groups in total. The second-order valence-electron chi connectivity index (χ2n) is 7.42. The third kappa shape index (κ3) is 5.45. The van der Waals surface area contributed by atoms with Gasteiger partial charge in [-0.3, -0.25) is 4.79 Å². The van der Waals surface area contributed by atoms with Crippen LogP contribution in [0.4, 0.5) is 0 Å². The zero-order valence-electron chi connectivity index (χ0n) is 16.3. The van der Waals surface area contributed by atoms with E-state index >= 15 is 0 Å². The van der Waals surface area contributed by atoms with E-state index in [2.05, 4.69) is 38.7 Å². The molecule has 2 rings (SSSR count). The third-order valence-corrected chi connectivity index (χ3v) is 5.14. The Bertz CT molecular complexity index is 666. The summed E-state index contributed by atoms with van der Waals surface area (Å²) < 4.78 is 11.0. The van der Waals surface area contributed by atoms with Gasteiger partial charge in [0.2, 0.25) is 0 Å². The van der Waals surface area contributed by atoms with Crippen molar-refractivity contribution < 1.29 is 19.1 Å². The number of ether oxygens (including phenoxy) is 2. The van der Waals surface area contributed by atoms with Crippen LogP contribution in [0.3, 0.4) is 0 Å². The molecule has 1 aliphatic heterocycles. The second-order valence-corrected chi connectivity index (χ2v) is 7.42. The lowest BCUT2D eigenvalue weighted by Gasteiger charge is -2.20. The standard InChI is InChI=1S/C22H30O4/c1-14-7-6-8-15(2)13-21-19(17(4)22(24)26-21)11-10-16(3)20(12-9-14)25-18(5)23/h7,10,13,19-21H,4,6,8-9,11-12H2,1-3,5H3/b14-7+,15-13+,16-10-/t19-,20-,21-/m0/s1. The lowest BCUT2D eigenvalue weighted by atomic mass is 9.90. The molecule has 0 amide bonds. The SMILES string of the molecule is C=C1C(=O)O[C@H]2/C=C(\C)CC/C=C(\C)CC[C@H](OC(C)=O)/C(C)=C\C[C@@H]12. The molecular weight excluding hydrogens is 328 g/mol. The highest BCUT2D eigenvalue weighted by Gasteiger charge is 2.36. The van der Waals surface area contributed by atoms with Gasteiger partial charge in [-0.25, -0.2) is 4.79 Å². The summed E-state index contributed by atoms with van der Waals surface area (Å²) in [6, 6.07) is 0. The van der Waals surface area contributed by atoms with Gasteiger partial charge in [0.25, 0.3) is 0 Å². The number of hydrogen-bond acceptors (Lipinski definition) is 4. The largest absolute Gasteiger partial charge is 0.458 e. The molecule has 3 atom stereocenters. The number of carbonyl (C=O) groups is 2. The topological polar surface area (TPSA) is 52.6 Å². The monoisotopic (exact) mass is 358 g/mol. The number of hydrogen-bond donors (Lipinski definition) is 0. The quantitative estimate of drug-likeness (QED) is 0.383. The van der Waals surface area contributed by atoms with Crippen LogP contribution < -0.4 is 0 Å². The molecule has 26 heavy (non-hydrogen) atoms. The Morgan fingerprint density at radius 1 is 1.19 bits per heavy atom. The van der Waals surface area contributed by atoms with Crippen LogP contribution in [-0.2, 0) is 19.1 Å². The van der Waals surface area contributed by atoms with Gasteiger partial charge < -0.3 is 9.47 Å². The van der Waals surface area contributed by atoms with Crippen molar-refractivity contribution in [2.45, 2.75) is 72.0 Å². The summed E-state index contributed by atoms with van der Waals surface area (Å²) in [4.78, 5) is 23.5. The summed E-state index contributed by atoms with van der Waals surface area (Å²) in [5, 5.41) is 0. The van der Waals surface area contributed by atoms with E-state index in [9.17, 15) is 9.59 Å². The molecule has 1 aliphatic carbocycles. The second kappa shape index (κ2) is 9.02. The first-order valence-corrected chi connectivity index (χ1v) is 9.34. The van der Waals surface area contributed by atoms with Crippen molar-refractivity contribution >= 4 is 11.9 Å². The molecule has 0 unspecified atom stereocenters. The Balaban J connectivity index is 2.30. The predicted molar refractivity (Wildman–Crippen MR) is 102 cm³/mol. The molecule has 4 heteroatoms. The first-order chi connectivity index (χ1) is 12.3. The molecule has 0 radical (unpaired) electrons. The van der Waals surface area contributed by atoms with Crippen molar-refractivity contribution in [2.75, 3.05) is 0 Å². The van der Waals surface area contributed by atoms with Gasteiger partial charge in [0, 0.05) is 18.4 Å². The van der Waals surface area contributed by atoms with E-state index in [1.54, 1.807) is 0 Å². The van der Waals surface area contributed by atoms with Gasteiger partial charge in [0.05, 0.1) is 0 Å². The smallest absolute Gasteiger partial charge is 0.334 e. The molecule has 1 saturated heterocycles. The van der Waals surface area contributed by atoms with Gasteiger partial charge >= 0.3 is 11.9 Å².